The summed E-state index contributed by atoms with van der Waals surface area (Å²) in [4.78, 5) is 39.8. The molecule has 4 rings (SSSR count). The van der Waals surface area contributed by atoms with Crippen LogP contribution in [0.1, 0.15) is 65.4 Å². The summed E-state index contributed by atoms with van der Waals surface area (Å²) in [6.45, 7) is 9.50. The second-order valence-electron chi connectivity index (χ2n) is 11.4. The monoisotopic (exact) mass is 486 g/mol. The van der Waals surface area contributed by atoms with Crippen LogP contribution in [0, 0.1) is 22.7 Å². The fourth-order valence-electron chi connectivity index (χ4n) is 6.82. The molecule has 8 heteroatoms. The molecular formula is C27H38N2O6. The van der Waals surface area contributed by atoms with Crippen LogP contribution in [0.2, 0.25) is 0 Å². The molecule has 1 aliphatic heterocycles. The highest BCUT2D eigenvalue weighted by atomic mass is 16.5. The average Bonchev–Trinajstić information content (AvgIpc) is 3.22. The van der Waals surface area contributed by atoms with E-state index in [1.165, 1.54) is 35.9 Å². The first-order valence-electron chi connectivity index (χ1n) is 12.7. The second kappa shape index (κ2) is 9.36. The maximum atomic E-state index is 13.0. The maximum Gasteiger partial charge on any atom is 0.328 e. The summed E-state index contributed by atoms with van der Waals surface area (Å²) < 4.78 is 5.63. The number of hydrogen-bond donors (Lipinski definition) is 3. The highest BCUT2D eigenvalue weighted by molar-refractivity contribution is 5.91. The summed E-state index contributed by atoms with van der Waals surface area (Å²) in [5.74, 6) is -0.324. The van der Waals surface area contributed by atoms with E-state index in [-0.39, 0.29) is 35.7 Å². The Morgan fingerprint density at radius 1 is 1.17 bits per heavy atom. The summed E-state index contributed by atoms with van der Waals surface area (Å²) in [5, 5.41) is 21.7. The van der Waals surface area contributed by atoms with Gasteiger partial charge in [-0.3, -0.25) is 9.59 Å². The topological polar surface area (TPSA) is 116 Å². The van der Waals surface area contributed by atoms with Crippen molar-refractivity contribution in [3.63, 3.8) is 0 Å². The van der Waals surface area contributed by atoms with Crippen molar-refractivity contribution in [1.82, 2.24) is 10.2 Å². The van der Waals surface area contributed by atoms with E-state index in [9.17, 15) is 24.6 Å². The van der Waals surface area contributed by atoms with E-state index < -0.39 is 12.1 Å². The Labute approximate surface area is 207 Å². The molecule has 0 radical (unpaired) electrons. The van der Waals surface area contributed by atoms with E-state index in [0.717, 1.165) is 12.8 Å². The lowest BCUT2D eigenvalue weighted by atomic mass is 9.88. The van der Waals surface area contributed by atoms with Crippen LogP contribution < -0.4 is 5.32 Å². The molecule has 2 amide bonds. The molecule has 2 aliphatic carbocycles. The predicted octanol–water partition coefficient (Wildman–Crippen LogP) is 3.14. The zero-order valence-electron chi connectivity index (χ0n) is 21.2. The Morgan fingerprint density at radius 3 is 2.57 bits per heavy atom. The molecule has 35 heavy (non-hydrogen) atoms. The Balaban J connectivity index is 1.24. The third kappa shape index (κ3) is 4.71. The number of phenols is 2. The van der Waals surface area contributed by atoms with Gasteiger partial charge in [-0.25, -0.2) is 4.79 Å². The lowest BCUT2D eigenvalue weighted by molar-refractivity contribution is -0.154. The summed E-state index contributed by atoms with van der Waals surface area (Å²) in [5.41, 5.74) is 1.31. The Morgan fingerprint density at radius 2 is 1.91 bits per heavy atom. The molecule has 192 valence electrons. The number of carbonyl (C=O) groups is 3. The fourth-order valence-corrected chi connectivity index (χ4v) is 6.82. The van der Waals surface area contributed by atoms with E-state index in [1.54, 1.807) is 6.92 Å². The van der Waals surface area contributed by atoms with Crippen molar-refractivity contribution in [3.05, 3.63) is 23.8 Å². The molecule has 0 spiro atoms. The Bertz CT molecular complexity index is 1010. The molecule has 1 saturated heterocycles. The van der Waals surface area contributed by atoms with Crippen LogP contribution in [0.5, 0.6) is 11.5 Å². The average molecular weight is 487 g/mol. The van der Waals surface area contributed by atoms with E-state index in [2.05, 4.69) is 26.1 Å². The summed E-state index contributed by atoms with van der Waals surface area (Å²) in [7, 11) is 0. The molecule has 3 N–H and O–H groups in total. The first kappa shape index (κ1) is 25.3. The minimum atomic E-state index is -0.796. The number of likely N-dealkylation sites (tertiary alicyclic amines) is 1. The third-order valence-electron chi connectivity index (χ3n) is 9.05. The maximum absolute atomic E-state index is 13.0. The molecular weight excluding hydrogens is 448 g/mol. The molecule has 3 unspecified atom stereocenters. The van der Waals surface area contributed by atoms with Crippen LogP contribution in [-0.4, -0.2) is 58.1 Å². The van der Waals surface area contributed by atoms with Gasteiger partial charge in [0.05, 0.1) is 13.0 Å². The third-order valence-corrected chi connectivity index (χ3v) is 9.05. The number of ether oxygens (including phenoxy) is 1. The van der Waals surface area contributed by atoms with Crippen LogP contribution in [0.3, 0.4) is 0 Å². The minimum absolute atomic E-state index is 0.0467. The number of fused-ring (bicyclic) bond motifs is 1. The van der Waals surface area contributed by atoms with Gasteiger partial charge in [-0.1, -0.05) is 26.8 Å². The first-order valence-corrected chi connectivity index (χ1v) is 12.7. The van der Waals surface area contributed by atoms with Crippen LogP contribution >= 0.6 is 0 Å². The molecule has 0 aromatic heterocycles. The van der Waals surface area contributed by atoms with Crippen molar-refractivity contribution in [2.24, 2.45) is 22.7 Å². The number of carbonyl (C=O) groups excluding carboxylic acids is 3. The standard InChI is InChI=1S/C27H38N2O6/c1-16(28-22(32)15-17-7-8-20(30)21(31)14-17)24(33)29-12-5-6-19(29)25(34)35-13-10-18-9-11-27(4)23(18)26(27,2)3/h7-8,14,16,18-19,23,30-31H,5-6,9-13,15H2,1-4H3,(H,28,32)/t16-,18?,19-,23?,27?/m0/s1. The molecule has 1 aromatic rings. The van der Waals surface area contributed by atoms with Crippen LogP contribution in [0.25, 0.3) is 0 Å². The molecule has 1 heterocycles. The highest BCUT2D eigenvalue weighted by Crippen LogP contribution is 2.78. The summed E-state index contributed by atoms with van der Waals surface area (Å²) in [6, 6.07) is 2.75. The normalized spacial score (nSPS) is 29.4. The zero-order chi connectivity index (χ0) is 25.5. The molecule has 0 bridgehead atoms. The number of hydrogen-bond acceptors (Lipinski definition) is 6. The van der Waals surface area contributed by atoms with Gasteiger partial charge in [0.25, 0.3) is 0 Å². The fraction of sp³-hybridized carbons (Fsp3) is 0.667. The second-order valence-corrected chi connectivity index (χ2v) is 11.4. The van der Waals surface area contributed by atoms with E-state index >= 15 is 0 Å². The number of aromatic hydroxyl groups is 2. The molecule has 3 aliphatic rings. The number of amides is 2. The molecule has 3 fully saturated rings. The van der Waals surface area contributed by atoms with Gasteiger partial charge in [-0.15, -0.1) is 0 Å². The Kier molecular flexibility index (Phi) is 6.77. The summed E-state index contributed by atoms with van der Waals surface area (Å²) >= 11 is 0. The van der Waals surface area contributed by atoms with E-state index in [0.29, 0.717) is 47.8 Å². The van der Waals surface area contributed by atoms with Crippen LogP contribution in [-0.2, 0) is 25.5 Å². The van der Waals surface area contributed by atoms with Crippen molar-refractivity contribution in [2.75, 3.05) is 13.2 Å². The van der Waals surface area contributed by atoms with Gasteiger partial charge < -0.3 is 25.2 Å². The molecule has 1 aromatic carbocycles. The van der Waals surface area contributed by atoms with Gasteiger partial charge in [0.1, 0.15) is 12.1 Å². The molecule has 5 atom stereocenters. The molecule has 2 saturated carbocycles. The lowest BCUT2D eigenvalue weighted by Gasteiger charge is -2.27. The van der Waals surface area contributed by atoms with Gasteiger partial charge in [0.15, 0.2) is 11.5 Å². The van der Waals surface area contributed by atoms with Gasteiger partial charge in [-0.2, -0.15) is 0 Å². The number of benzene rings is 1. The Hall–Kier alpha value is -2.77. The number of nitrogens with one attached hydrogen (secondary N) is 1. The summed E-state index contributed by atoms with van der Waals surface area (Å²) in [6.07, 6.45) is 4.54. The first-order chi connectivity index (χ1) is 16.5. The molecule has 8 nitrogen and oxygen atoms in total. The lowest BCUT2D eigenvalue weighted by Crippen LogP contribution is -2.51. The van der Waals surface area contributed by atoms with Gasteiger partial charge in [0, 0.05) is 6.54 Å². The van der Waals surface area contributed by atoms with E-state index in [4.69, 9.17) is 4.74 Å². The predicted molar refractivity (Wildman–Crippen MR) is 129 cm³/mol. The zero-order valence-corrected chi connectivity index (χ0v) is 21.2. The van der Waals surface area contributed by atoms with Gasteiger partial charge in [-0.05, 0) is 79.4 Å². The van der Waals surface area contributed by atoms with Crippen molar-refractivity contribution >= 4 is 17.8 Å². The quantitative estimate of drug-likeness (QED) is 0.384. The highest BCUT2D eigenvalue weighted by Gasteiger charge is 2.72. The van der Waals surface area contributed by atoms with E-state index in [1.807, 2.05) is 0 Å². The van der Waals surface area contributed by atoms with Crippen molar-refractivity contribution in [3.8, 4) is 11.5 Å². The van der Waals surface area contributed by atoms with Crippen molar-refractivity contribution in [1.29, 1.82) is 0 Å². The number of esters is 1. The van der Waals surface area contributed by atoms with Crippen LogP contribution in [0.4, 0.5) is 0 Å². The minimum Gasteiger partial charge on any atom is -0.504 e. The SMILES string of the molecule is C[C@H](NC(=O)Cc1ccc(O)c(O)c1)C(=O)N1CCC[C@H]1C(=O)OCCC1CCC2(C)C1C2(C)C. The van der Waals surface area contributed by atoms with Crippen LogP contribution in [0.15, 0.2) is 18.2 Å². The van der Waals surface area contributed by atoms with Crippen molar-refractivity contribution in [2.45, 2.75) is 78.3 Å². The smallest absolute Gasteiger partial charge is 0.328 e. The number of rotatable bonds is 8. The van der Waals surface area contributed by atoms with Gasteiger partial charge >= 0.3 is 5.97 Å². The number of phenolic OH excluding ortho intramolecular Hbond substituents is 2. The van der Waals surface area contributed by atoms with Gasteiger partial charge in [0.2, 0.25) is 11.8 Å². The van der Waals surface area contributed by atoms with Crippen molar-refractivity contribution < 1.29 is 29.3 Å². The number of nitrogens with zero attached hydrogens (tertiary/aromatic N) is 1. The largest absolute Gasteiger partial charge is 0.504 e.